The Bertz CT molecular complexity index is 519. The summed E-state index contributed by atoms with van der Waals surface area (Å²) >= 11 is 6.19. The lowest BCUT2D eigenvalue weighted by Gasteiger charge is -2.37. The number of hydrogen-bond donors (Lipinski definition) is 1. The Balaban J connectivity index is 2.13. The van der Waals surface area contributed by atoms with E-state index in [2.05, 4.69) is 16.8 Å². The number of likely N-dealkylation sites (tertiary alicyclic amines) is 1. The van der Waals surface area contributed by atoms with Gasteiger partial charge in [-0.3, -0.25) is 15.0 Å². The SMILES string of the molecule is CN1CCC(N(CCO)Cc2cc([N+](=O)[O-])ccc2Cl)CC1. The molecule has 122 valence electrons. The summed E-state index contributed by atoms with van der Waals surface area (Å²) in [6.45, 7) is 3.19. The van der Waals surface area contributed by atoms with Crippen LogP contribution in [0.25, 0.3) is 0 Å². The molecule has 22 heavy (non-hydrogen) atoms. The molecule has 0 aliphatic carbocycles. The first-order valence-electron chi connectivity index (χ1n) is 7.47. The molecule has 1 fully saturated rings. The van der Waals surface area contributed by atoms with Crippen LogP contribution in [0.1, 0.15) is 18.4 Å². The van der Waals surface area contributed by atoms with Gasteiger partial charge in [0.25, 0.3) is 5.69 Å². The zero-order chi connectivity index (χ0) is 16.1. The van der Waals surface area contributed by atoms with Gasteiger partial charge in [0.05, 0.1) is 11.5 Å². The van der Waals surface area contributed by atoms with E-state index in [0.29, 0.717) is 24.2 Å². The highest BCUT2D eigenvalue weighted by molar-refractivity contribution is 6.31. The Morgan fingerprint density at radius 2 is 2.14 bits per heavy atom. The Morgan fingerprint density at radius 1 is 1.45 bits per heavy atom. The molecular formula is C15H22ClN3O3. The molecule has 0 radical (unpaired) electrons. The number of aliphatic hydroxyl groups excluding tert-OH is 1. The topological polar surface area (TPSA) is 69.8 Å². The van der Waals surface area contributed by atoms with Gasteiger partial charge in [-0.1, -0.05) is 11.6 Å². The van der Waals surface area contributed by atoms with E-state index >= 15 is 0 Å². The van der Waals surface area contributed by atoms with Crippen molar-refractivity contribution in [1.82, 2.24) is 9.80 Å². The van der Waals surface area contributed by atoms with Crippen LogP contribution in [0.5, 0.6) is 0 Å². The second kappa shape index (κ2) is 7.87. The van der Waals surface area contributed by atoms with Crippen LogP contribution in [0.15, 0.2) is 18.2 Å². The Labute approximate surface area is 135 Å². The Hall–Kier alpha value is -1.21. The van der Waals surface area contributed by atoms with E-state index in [0.717, 1.165) is 31.5 Å². The standard InChI is InChI=1S/C15H22ClN3O3/c1-17-6-4-13(5-7-17)18(8-9-20)11-12-10-14(19(21)22)2-3-15(12)16/h2-3,10,13,20H,4-9,11H2,1H3. The van der Waals surface area contributed by atoms with Gasteiger partial charge in [0.2, 0.25) is 0 Å². The predicted octanol–water partition coefficient (Wildman–Crippen LogP) is 2.14. The summed E-state index contributed by atoms with van der Waals surface area (Å²) in [6.07, 6.45) is 2.06. The van der Waals surface area contributed by atoms with Gasteiger partial charge < -0.3 is 10.0 Å². The van der Waals surface area contributed by atoms with Crippen LogP contribution in [0.2, 0.25) is 5.02 Å². The van der Waals surface area contributed by atoms with Gasteiger partial charge in [0.15, 0.2) is 0 Å². The van der Waals surface area contributed by atoms with Crippen molar-refractivity contribution in [2.45, 2.75) is 25.4 Å². The molecule has 7 heteroatoms. The molecule has 1 aromatic rings. The molecule has 2 rings (SSSR count). The van der Waals surface area contributed by atoms with Gasteiger partial charge in [0, 0.05) is 36.3 Å². The lowest BCUT2D eigenvalue weighted by molar-refractivity contribution is -0.384. The maximum Gasteiger partial charge on any atom is 0.269 e. The highest BCUT2D eigenvalue weighted by atomic mass is 35.5. The smallest absolute Gasteiger partial charge is 0.269 e. The minimum Gasteiger partial charge on any atom is -0.395 e. The van der Waals surface area contributed by atoms with Gasteiger partial charge in [-0.2, -0.15) is 0 Å². The molecule has 0 bridgehead atoms. The third-order valence-electron chi connectivity index (χ3n) is 4.21. The fraction of sp³-hybridized carbons (Fsp3) is 0.600. The quantitative estimate of drug-likeness (QED) is 0.640. The largest absolute Gasteiger partial charge is 0.395 e. The summed E-state index contributed by atoms with van der Waals surface area (Å²) in [6, 6.07) is 4.89. The number of non-ortho nitro benzene ring substituents is 1. The number of rotatable bonds is 6. The van der Waals surface area contributed by atoms with Gasteiger partial charge in [-0.25, -0.2) is 0 Å². The average Bonchev–Trinajstić information content (AvgIpc) is 2.49. The summed E-state index contributed by atoms with van der Waals surface area (Å²) in [4.78, 5) is 15.0. The second-order valence-corrected chi connectivity index (χ2v) is 6.17. The molecule has 0 amide bonds. The molecule has 1 N–H and O–H groups in total. The second-order valence-electron chi connectivity index (χ2n) is 5.76. The monoisotopic (exact) mass is 327 g/mol. The molecule has 1 aliphatic heterocycles. The van der Waals surface area contributed by atoms with Gasteiger partial charge in [-0.05, 0) is 44.6 Å². The van der Waals surface area contributed by atoms with E-state index in [1.54, 1.807) is 6.07 Å². The summed E-state index contributed by atoms with van der Waals surface area (Å²) in [7, 11) is 2.10. The summed E-state index contributed by atoms with van der Waals surface area (Å²) in [5.74, 6) is 0. The van der Waals surface area contributed by atoms with Crippen LogP contribution in [0.3, 0.4) is 0 Å². The average molecular weight is 328 g/mol. The van der Waals surface area contributed by atoms with E-state index in [9.17, 15) is 15.2 Å². The van der Waals surface area contributed by atoms with Gasteiger partial charge >= 0.3 is 0 Å². The van der Waals surface area contributed by atoms with Crippen LogP contribution in [-0.4, -0.2) is 59.2 Å². The fourth-order valence-electron chi connectivity index (χ4n) is 2.89. The van der Waals surface area contributed by atoms with Crippen LogP contribution < -0.4 is 0 Å². The first-order chi connectivity index (χ1) is 10.5. The lowest BCUT2D eigenvalue weighted by atomic mass is 10.0. The van der Waals surface area contributed by atoms with E-state index in [1.165, 1.54) is 12.1 Å². The highest BCUT2D eigenvalue weighted by Crippen LogP contribution is 2.25. The van der Waals surface area contributed by atoms with Crippen molar-refractivity contribution < 1.29 is 10.0 Å². The van der Waals surface area contributed by atoms with Crippen LogP contribution in [0, 0.1) is 10.1 Å². The van der Waals surface area contributed by atoms with Crippen molar-refractivity contribution in [3.63, 3.8) is 0 Å². The molecule has 1 heterocycles. The maximum atomic E-state index is 10.9. The van der Waals surface area contributed by atoms with E-state index < -0.39 is 4.92 Å². The zero-order valence-electron chi connectivity index (χ0n) is 12.7. The number of nitrogens with zero attached hydrogens (tertiary/aromatic N) is 3. The molecular weight excluding hydrogens is 306 g/mol. The normalized spacial score (nSPS) is 17.1. The van der Waals surface area contributed by atoms with E-state index in [4.69, 9.17) is 11.6 Å². The van der Waals surface area contributed by atoms with Crippen molar-refractivity contribution in [2.24, 2.45) is 0 Å². The molecule has 0 unspecified atom stereocenters. The lowest BCUT2D eigenvalue weighted by Crippen LogP contribution is -2.44. The third-order valence-corrected chi connectivity index (χ3v) is 4.57. The molecule has 0 spiro atoms. The van der Waals surface area contributed by atoms with E-state index in [-0.39, 0.29) is 12.3 Å². The highest BCUT2D eigenvalue weighted by Gasteiger charge is 2.24. The summed E-state index contributed by atoms with van der Waals surface area (Å²) in [5, 5.41) is 20.8. The van der Waals surface area contributed by atoms with Crippen LogP contribution in [0.4, 0.5) is 5.69 Å². The number of benzene rings is 1. The maximum absolute atomic E-state index is 10.9. The van der Waals surface area contributed by atoms with Crippen molar-refractivity contribution in [1.29, 1.82) is 0 Å². The van der Waals surface area contributed by atoms with Crippen LogP contribution in [-0.2, 0) is 6.54 Å². The number of nitro benzene ring substituents is 1. The number of halogens is 1. The van der Waals surface area contributed by atoms with Crippen LogP contribution >= 0.6 is 11.6 Å². The first-order valence-corrected chi connectivity index (χ1v) is 7.85. The van der Waals surface area contributed by atoms with E-state index in [1.807, 2.05) is 0 Å². The molecule has 0 atom stereocenters. The third kappa shape index (κ3) is 4.39. The van der Waals surface area contributed by atoms with Crippen molar-refractivity contribution in [3.05, 3.63) is 38.9 Å². The number of aliphatic hydroxyl groups is 1. The fourth-order valence-corrected chi connectivity index (χ4v) is 3.07. The molecule has 1 aromatic carbocycles. The molecule has 0 aromatic heterocycles. The Morgan fingerprint density at radius 3 is 2.73 bits per heavy atom. The molecule has 6 nitrogen and oxygen atoms in total. The number of piperidine rings is 1. The predicted molar refractivity (Wildman–Crippen MR) is 86.1 cm³/mol. The van der Waals surface area contributed by atoms with Gasteiger partial charge in [0.1, 0.15) is 0 Å². The van der Waals surface area contributed by atoms with Gasteiger partial charge in [-0.15, -0.1) is 0 Å². The molecule has 0 saturated carbocycles. The number of nitro groups is 1. The summed E-state index contributed by atoms with van der Waals surface area (Å²) < 4.78 is 0. The zero-order valence-corrected chi connectivity index (χ0v) is 13.5. The van der Waals surface area contributed by atoms with Crippen molar-refractivity contribution in [2.75, 3.05) is 33.3 Å². The van der Waals surface area contributed by atoms with Crippen molar-refractivity contribution >= 4 is 17.3 Å². The summed E-state index contributed by atoms with van der Waals surface area (Å²) in [5.41, 5.74) is 0.787. The number of hydrogen-bond acceptors (Lipinski definition) is 5. The minimum absolute atomic E-state index is 0.0479. The first kappa shape index (κ1) is 17.1. The molecule has 1 saturated heterocycles. The Kier molecular flexibility index (Phi) is 6.14. The van der Waals surface area contributed by atoms with Crippen molar-refractivity contribution in [3.8, 4) is 0 Å². The minimum atomic E-state index is -0.411. The molecule has 1 aliphatic rings.